The van der Waals surface area contributed by atoms with Gasteiger partial charge in [0.15, 0.2) is 10.8 Å². The lowest BCUT2D eigenvalue weighted by Crippen LogP contribution is -2.25. The third-order valence-corrected chi connectivity index (χ3v) is 3.87. The van der Waals surface area contributed by atoms with Crippen LogP contribution in [0.2, 0.25) is 0 Å². The zero-order valence-electron chi connectivity index (χ0n) is 10.7. The summed E-state index contributed by atoms with van der Waals surface area (Å²) < 4.78 is 0. The maximum absolute atomic E-state index is 12.2. The number of aromatic amines is 3. The van der Waals surface area contributed by atoms with Gasteiger partial charge in [-0.05, 0) is 6.07 Å². The van der Waals surface area contributed by atoms with E-state index in [1.165, 1.54) is 0 Å². The highest BCUT2D eigenvalue weighted by Crippen LogP contribution is 2.20. The van der Waals surface area contributed by atoms with Crippen molar-refractivity contribution >= 4 is 28.4 Å². The molecule has 0 spiro atoms. The van der Waals surface area contributed by atoms with Gasteiger partial charge >= 0.3 is 5.69 Å². The number of H-pyrrole nitrogens is 3. The molecule has 2 heterocycles. The molecule has 0 saturated carbocycles. The number of carbonyl (C=O) groups is 1. The number of benzene rings is 1. The van der Waals surface area contributed by atoms with E-state index in [0.717, 1.165) is 22.7 Å². The lowest BCUT2D eigenvalue weighted by Gasteiger charge is -1.99. The third-order valence-electron chi connectivity index (χ3n) is 2.91. The van der Waals surface area contributed by atoms with Crippen LogP contribution >= 0.6 is 11.8 Å². The van der Waals surface area contributed by atoms with Crippen molar-refractivity contribution in [2.24, 2.45) is 0 Å². The van der Waals surface area contributed by atoms with E-state index in [2.05, 4.69) is 20.2 Å². The molecule has 0 atom stereocenters. The topological polar surface area (TPSA) is 111 Å². The van der Waals surface area contributed by atoms with Gasteiger partial charge in [-0.25, -0.2) is 9.89 Å². The van der Waals surface area contributed by atoms with Gasteiger partial charge in [-0.2, -0.15) is 5.10 Å². The van der Waals surface area contributed by atoms with E-state index < -0.39 is 11.2 Å². The van der Waals surface area contributed by atoms with Crippen molar-refractivity contribution in [2.45, 2.75) is 5.03 Å². The Morgan fingerprint density at radius 2 is 2.05 bits per heavy atom. The van der Waals surface area contributed by atoms with Crippen LogP contribution < -0.4 is 11.2 Å². The maximum Gasteiger partial charge on any atom is 0.342 e. The van der Waals surface area contributed by atoms with Crippen molar-refractivity contribution in [1.29, 1.82) is 0 Å². The summed E-state index contributed by atoms with van der Waals surface area (Å²) >= 11 is 0.982. The van der Waals surface area contributed by atoms with Gasteiger partial charge in [0.05, 0.1) is 5.75 Å². The molecule has 0 radical (unpaired) electrons. The molecule has 3 aromatic rings. The Kier molecular flexibility index (Phi) is 3.44. The first-order valence-electron chi connectivity index (χ1n) is 6.06. The number of nitrogens with zero attached hydrogens (tertiary/aromatic N) is 1. The highest BCUT2D eigenvalue weighted by atomic mass is 32.2. The lowest BCUT2D eigenvalue weighted by atomic mass is 10.1. The SMILES string of the molecule is O=C(CSc1n[nH]c(=O)[nH]c1=O)c1c[nH]c2ccccc12. The average Bonchev–Trinajstić information content (AvgIpc) is 2.90. The molecule has 0 aliphatic heterocycles. The number of hydrogen-bond donors (Lipinski definition) is 3. The van der Waals surface area contributed by atoms with E-state index >= 15 is 0 Å². The van der Waals surface area contributed by atoms with E-state index in [0.29, 0.717) is 5.56 Å². The number of fused-ring (bicyclic) bond motifs is 1. The van der Waals surface area contributed by atoms with Crippen molar-refractivity contribution in [2.75, 3.05) is 5.75 Å². The highest BCUT2D eigenvalue weighted by Gasteiger charge is 2.13. The Morgan fingerprint density at radius 3 is 2.86 bits per heavy atom. The fourth-order valence-corrected chi connectivity index (χ4v) is 2.66. The number of hydrogen-bond acceptors (Lipinski definition) is 5. The van der Waals surface area contributed by atoms with E-state index in [4.69, 9.17) is 0 Å². The summed E-state index contributed by atoms with van der Waals surface area (Å²) in [5.41, 5.74) is 0.174. The van der Waals surface area contributed by atoms with Crippen LogP contribution in [-0.4, -0.2) is 31.7 Å². The van der Waals surface area contributed by atoms with Crippen molar-refractivity contribution in [3.8, 4) is 0 Å². The zero-order valence-corrected chi connectivity index (χ0v) is 11.5. The van der Waals surface area contributed by atoms with Crippen LogP contribution in [0, 0.1) is 0 Å². The number of carbonyl (C=O) groups excluding carboxylic acids is 1. The summed E-state index contributed by atoms with van der Waals surface area (Å²) in [6.45, 7) is 0. The molecule has 2 aromatic heterocycles. The van der Waals surface area contributed by atoms with Gasteiger partial charge in [-0.3, -0.25) is 14.6 Å². The number of para-hydroxylation sites is 1. The monoisotopic (exact) mass is 302 g/mol. The third kappa shape index (κ3) is 2.65. The molecule has 7 nitrogen and oxygen atoms in total. The number of Topliss-reactive ketones (excluding diaryl/α,β-unsaturated/α-hetero) is 1. The van der Waals surface area contributed by atoms with Crippen molar-refractivity contribution in [1.82, 2.24) is 20.2 Å². The van der Waals surface area contributed by atoms with Gasteiger partial charge in [0.25, 0.3) is 5.56 Å². The Labute approximate surface area is 121 Å². The molecule has 0 aliphatic carbocycles. The molecule has 8 heteroatoms. The average molecular weight is 302 g/mol. The second-order valence-electron chi connectivity index (χ2n) is 4.27. The van der Waals surface area contributed by atoms with Gasteiger partial charge in [0.2, 0.25) is 0 Å². The first-order valence-corrected chi connectivity index (χ1v) is 7.05. The van der Waals surface area contributed by atoms with Crippen LogP contribution in [0.1, 0.15) is 10.4 Å². The number of ketones is 1. The van der Waals surface area contributed by atoms with E-state index in [9.17, 15) is 14.4 Å². The van der Waals surface area contributed by atoms with Gasteiger partial charge in [0, 0.05) is 22.7 Å². The smallest absolute Gasteiger partial charge is 0.342 e. The van der Waals surface area contributed by atoms with Crippen LogP contribution in [0.5, 0.6) is 0 Å². The predicted molar refractivity (Wildman–Crippen MR) is 78.8 cm³/mol. The summed E-state index contributed by atoms with van der Waals surface area (Å²) in [5, 5.41) is 6.64. The maximum atomic E-state index is 12.2. The zero-order chi connectivity index (χ0) is 14.8. The molecule has 1 aromatic carbocycles. The Balaban J connectivity index is 1.80. The fourth-order valence-electron chi connectivity index (χ4n) is 1.95. The molecule has 3 rings (SSSR count). The Hall–Kier alpha value is -2.61. The molecular formula is C13H10N4O3S. The molecule has 0 saturated heterocycles. The number of aromatic nitrogens is 4. The molecule has 0 aliphatic rings. The van der Waals surface area contributed by atoms with Crippen molar-refractivity contribution < 1.29 is 4.79 Å². The van der Waals surface area contributed by atoms with E-state index in [1.807, 2.05) is 24.3 Å². The first-order chi connectivity index (χ1) is 10.1. The van der Waals surface area contributed by atoms with Gasteiger partial charge < -0.3 is 4.98 Å². The van der Waals surface area contributed by atoms with Gasteiger partial charge in [-0.1, -0.05) is 30.0 Å². The normalized spacial score (nSPS) is 10.9. The highest BCUT2D eigenvalue weighted by molar-refractivity contribution is 7.99. The summed E-state index contributed by atoms with van der Waals surface area (Å²) in [7, 11) is 0. The van der Waals surface area contributed by atoms with Gasteiger partial charge in [0.1, 0.15) is 0 Å². The number of nitrogens with one attached hydrogen (secondary N) is 3. The summed E-state index contributed by atoms with van der Waals surface area (Å²) in [4.78, 5) is 39.6. The van der Waals surface area contributed by atoms with Crippen molar-refractivity contribution in [3.05, 3.63) is 56.9 Å². The molecule has 0 bridgehead atoms. The largest absolute Gasteiger partial charge is 0.360 e. The fraction of sp³-hybridized carbons (Fsp3) is 0.0769. The van der Waals surface area contributed by atoms with Crippen LogP contribution in [0.4, 0.5) is 0 Å². The molecule has 3 N–H and O–H groups in total. The second-order valence-corrected chi connectivity index (χ2v) is 5.24. The molecule has 106 valence electrons. The van der Waals surface area contributed by atoms with Crippen molar-refractivity contribution in [3.63, 3.8) is 0 Å². The quantitative estimate of drug-likeness (QED) is 0.490. The minimum absolute atomic E-state index is 0.0581. The first kappa shape index (κ1) is 13.4. The molecule has 0 unspecified atom stereocenters. The number of rotatable bonds is 4. The van der Waals surface area contributed by atoms with Crippen LogP contribution in [-0.2, 0) is 0 Å². The lowest BCUT2D eigenvalue weighted by molar-refractivity contribution is 0.102. The molecule has 0 amide bonds. The van der Waals surface area contributed by atoms with Crippen LogP contribution in [0.3, 0.4) is 0 Å². The molecule has 0 fully saturated rings. The molecule has 21 heavy (non-hydrogen) atoms. The van der Waals surface area contributed by atoms with E-state index in [1.54, 1.807) is 6.20 Å². The van der Waals surface area contributed by atoms with E-state index in [-0.39, 0.29) is 16.6 Å². The second kappa shape index (κ2) is 5.41. The van der Waals surface area contributed by atoms with Gasteiger partial charge in [-0.15, -0.1) is 0 Å². The Bertz CT molecular complexity index is 925. The summed E-state index contributed by atoms with van der Waals surface area (Å²) in [6, 6.07) is 7.47. The van der Waals surface area contributed by atoms with Crippen LogP contribution in [0.25, 0.3) is 10.9 Å². The minimum Gasteiger partial charge on any atom is -0.360 e. The summed E-state index contributed by atoms with van der Waals surface area (Å²) in [6.07, 6.45) is 1.65. The summed E-state index contributed by atoms with van der Waals surface area (Å²) in [5.74, 6) is -0.0610. The minimum atomic E-state index is -0.674. The standard InChI is InChI=1S/C13H10N4O3S/c18-10(6-21-12-11(19)15-13(20)17-16-12)8-5-14-9-4-2-1-3-7(8)9/h1-5,14H,6H2,(H2,15,17,19,20). The predicted octanol–water partition coefficient (Wildman–Crippen LogP) is 0.914. The number of thioether (sulfide) groups is 1. The molecular weight excluding hydrogens is 292 g/mol. The Morgan fingerprint density at radius 1 is 1.24 bits per heavy atom. The van der Waals surface area contributed by atoms with Crippen LogP contribution in [0.15, 0.2) is 45.1 Å².